The van der Waals surface area contributed by atoms with E-state index in [0.29, 0.717) is 12.2 Å². The van der Waals surface area contributed by atoms with Crippen LogP contribution in [-0.4, -0.2) is 30.0 Å². The van der Waals surface area contributed by atoms with Crippen LogP contribution in [0.25, 0.3) is 0 Å². The van der Waals surface area contributed by atoms with Gasteiger partial charge in [-0.15, -0.1) is 0 Å². The predicted molar refractivity (Wildman–Crippen MR) is 80.9 cm³/mol. The van der Waals surface area contributed by atoms with Crippen LogP contribution in [0.3, 0.4) is 0 Å². The molecular weight excluding hydrogens is 254 g/mol. The number of nitro groups is 1. The zero-order valence-electron chi connectivity index (χ0n) is 12.3. The van der Waals surface area contributed by atoms with Crippen molar-refractivity contribution in [3.63, 3.8) is 0 Å². The summed E-state index contributed by atoms with van der Waals surface area (Å²) in [4.78, 5) is 13.1. The van der Waals surface area contributed by atoms with Gasteiger partial charge in [0.25, 0.3) is 5.69 Å². The van der Waals surface area contributed by atoms with Crippen molar-refractivity contribution in [3.05, 3.63) is 33.9 Å². The minimum atomic E-state index is -0.312. The minimum absolute atomic E-state index is 0.168. The normalized spacial score (nSPS) is 15.2. The molecule has 1 saturated carbocycles. The molecule has 0 spiro atoms. The lowest BCUT2D eigenvalue weighted by Crippen LogP contribution is -2.29. The van der Waals surface area contributed by atoms with Gasteiger partial charge in [-0.25, -0.2) is 0 Å². The van der Waals surface area contributed by atoms with E-state index in [1.54, 1.807) is 6.07 Å². The maximum Gasteiger partial charge on any atom is 0.292 e. The Balaban J connectivity index is 2.03. The van der Waals surface area contributed by atoms with Crippen molar-refractivity contribution in [2.75, 3.05) is 25.5 Å². The Hall–Kier alpha value is -1.62. The summed E-state index contributed by atoms with van der Waals surface area (Å²) < 4.78 is 0. The number of benzene rings is 1. The van der Waals surface area contributed by atoms with Crippen molar-refractivity contribution < 1.29 is 4.92 Å². The summed E-state index contributed by atoms with van der Waals surface area (Å²) in [5.41, 5.74) is 1.77. The summed E-state index contributed by atoms with van der Waals surface area (Å²) in [6, 6.07) is 5.48. The fraction of sp³-hybridized carbons (Fsp3) is 0.600. The second-order valence-electron chi connectivity index (χ2n) is 5.63. The predicted octanol–water partition coefficient (Wildman–Crippen LogP) is 3.26. The van der Waals surface area contributed by atoms with E-state index >= 15 is 0 Å². The topological polar surface area (TPSA) is 58.4 Å². The lowest BCUT2D eigenvalue weighted by atomic mass is 9.85. The Labute approximate surface area is 120 Å². The third-order valence-electron chi connectivity index (χ3n) is 3.87. The summed E-state index contributed by atoms with van der Waals surface area (Å²) in [7, 11) is 2.09. The standard InChI is InChI=1S/C15H23N3O2/c1-3-16-14-8-7-13(9-15(14)18(19)20)11-17(2)10-12-5-4-6-12/h7-9,12,16H,3-6,10-11H2,1-2H3. The van der Waals surface area contributed by atoms with Crippen LogP contribution in [0.2, 0.25) is 0 Å². The first kappa shape index (κ1) is 14.8. The van der Waals surface area contributed by atoms with Crippen LogP contribution in [0, 0.1) is 16.0 Å². The molecule has 0 aromatic heterocycles. The van der Waals surface area contributed by atoms with Crippen LogP contribution in [0.4, 0.5) is 11.4 Å². The van der Waals surface area contributed by atoms with Gasteiger partial charge in [-0.1, -0.05) is 12.5 Å². The average Bonchev–Trinajstić information content (AvgIpc) is 2.36. The van der Waals surface area contributed by atoms with E-state index in [-0.39, 0.29) is 10.6 Å². The molecule has 1 aromatic rings. The maximum absolute atomic E-state index is 11.1. The molecule has 5 nitrogen and oxygen atoms in total. The fourth-order valence-electron chi connectivity index (χ4n) is 2.66. The third kappa shape index (κ3) is 3.70. The first-order valence-corrected chi connectivity index (χ1v) is 7.30. The Morgan fingerprint density at radius 1 is 1.45 bits per heavy atom. The molecule has 1 fully saturated rings. The first-order chi connectivity index (χ1) is 9.60. The number of nitrogens with zero attached hydrogens (tertiary/aromatic N) is 2. The second-order valence-corrected chi connectivity index (χ2v) is 5.63. The zero-order chi connectivity index (χ0) is 14.5. The van der Waals surface area contributed by atoms with E-state index in [2.05, 4.69) is 17.3 Å². The van der Waals surface area contributed by atoms with Crippen LogP contribution in [0.5, 0.6) is 0 Å². The number of hydrogen-bond acceptors (Lipinski definition) is 4. The number of rotatable bonds is 7. The van der Waals surface area contributed by atoms with Gasteiger partial charge < -0.3 is 10.2 Å². The highest BCUT2D eigenvalue weighted by atomic mass is 16.6. The van der Waals surface area contributed by atoms with Gasteiger partial charge in [-0.2, -0.15) is 0 Å². The Bertz CT molecular complexity index is 472. The number of nitrogens with one attached hydrogen (secondary N) is 1. The van der Waals surface area contributed by atoms with Gasteiger partial charge >= 0.3 is 0 Å². The van der Waals surface area contributed by atoms with Gasteiger partial charge in [-0.3, -0.25) is 10.1 Å². The van der Waals surface area contributed by atoms with Gasteiger partial charge in [0.2, 0.25) is 0 Å². The highest BCUT2D eigenvalue weighted by molar-refractivity contribution is 5.62. The molecule has 5 heteroatoms. The van der Waals surface area contributed by atoms with Crippen molar-refractivity contribution >= 4 is 11.4 Å². The lowest BCUT2D eigenvalue weighted by Gasteiger charge is -2.30. The maximum atomic E-state index is 11.1. The van der Waals surface area contributed by atoms with Crippen LogP contribution in [0.15, 0.2) is 18.2 Å². The van der Waals surface area contributed by atoms with E-state index in [9.17, 15) is 10.1 Å². The largest absolute Gasteiger partial charge is 0.380 e. The molecule has 110 valence electrons. The average molecular weight is 277 g/mol. The van der Waals surface area contributed by atoms with Gasteiger partial charge in [0, 0.05) is 25.7 Å². The molecule has 1 N–H and O–H groups in total. The first-order valence-electron chi connectivity index (χ1n) is 7.30. The van der Waals surface area contributed by atoms with Gasteiger partial charge in [-0.05, 0) is 44.4 Å². The number of hydrogen-bond donors (Lipinski definition) is 1. The molecule has 1 aliphatic rings. The van der Waals surface area contributed by atoms with Gasteiger partial charge in [0.05, 0.1) is 4.92 Å². The molecule has 1 aromatic carbocycles. The summed E-state index contributed by atoms with van der Waals surface area (Å²) in [5, 5.41) is 14.2. The van der Waals surface area contributed by atoms with Crippen molar-refractivity contribution in [3.8, 4) is 0 Å². The molecule has 0 bridgehead atoms. The van der Waals surface area contributed by atoms with Crippen LogP contribution < -0.4 is 5.32 Å². The molecule has 0 heterocycles. The monoisotopic (exact) mass is 277 g/mol. The molecule has 0 unspecified atom stereocenters. The molecule has 0 aliphatic heterocycles. The molecule has 0 saturated heterocycles. The van der Waals surface area contributed by atoms with Crippen molar-refractivity contribution in [1.29, 1.82) is 0 Å². The Morgan fingerprint density at radius 2 is 2.20 bits per heavy atom. The number of nitro benzene ring substituents is 1. The summed E-state index contributed by atoms with van der Waals surface area (Å²) in [6.07, 6.45) is 4.00. The molecule has 2 rings (SSSR count). The van der Waals surface area contributed by atoms with Gasteiger partial charge in [0.1, 0.15) is 5.69 Å². The molecule has 1 aliphatic carbocycles. The quantitative estimate of drug-likeness (QED) is 0.614. The summed E-state index contributed by atoms with van der Waals surface area (Å²) >= 11 is 0. The minimum Gasteiger partial charge on any atom is -0.380 e. The highest BCUT2D eigenvalue weighted by Crippen LogP contribution is 2.28. The van der Waals surface area contributed by atoms with Crippen molar-refractivity contribution in [2.45, 2.75) is 32.7 Å². The van der Waals surface area contributed by atoms with Crippen molar-refractivity contribution in [1.82, 2.24) is 4.90 Å². The van der Waals surface area contributed by atoms with Crippen LogP contribution in [-0.2, 0) is 6.54 Å². The van der Waals surface area contributed by atoms with Crippen LogP contribution >= 0.6 is 0 Å². The second kappa shape index (κ2) is 6.70. The SMILES string of the molecule is CCNc1ccc(CN(C)CC2CCC2)cc1[N+](=O)[O-]. The molecular formula is C15H23N3O2. The highest BCUT2D eigenvalue weighted by Gasteiger charge is 2.20. The summed E-state index contributed by atoms with van der Waals surface area (Å²) in [5.74, 6) is 0.816. The molecule has 0 amide bonds. The molecule has 20 heavy (non-hydrogen) atoms. The third-order valence-corrected chi connectivity index (χ3v) is 3.87. The Kier molecular flexibility index (Phi) is 4.95. The van der Waals surface area contributed by atoms with E-state index in [1.165, 1.54) is 19.3 Å². The smallest absolute Gasteiger partial charge is 0.292 e. The molecule has 0 atom stereocenters. The zero-order valence-corrected chi connectivity index (χ0v) is 12.3. The van der Waals surface area contributed by atoms with E-state index in [0.717, 1.165) is 24.6 Å². The van der Waals surface area contributed by atoms with E-state index in [4.69, 9.17) is 0 Å². The van der Waals surface area contributed by atoms with Gasteiger partial charge in [0.15, 0.2) is 0 Å². The fourth-order valence-corrected chi connectivity index (χ4v) is 2.66. The van der Waals surface area contributed by atoms with E-state index in [1.807, 2.05) is 19.1 Å². The number of anilines is 1. The Morgan fingerprint density at radius 3 is 2.75 bits per heavy atom. The van der Waals surface area contributed by atoms with Crippen molar-refractivity contribution in [2.24, 2.45) is 5.92 Å². The molecule has 0 radical (unpaired) electrons. The lowest BCUT2D eigenvalue weighted by molar-refractivity contribution is -0.384. The summed E-state index contributed by atoms with van der Waals surface area (Å²) in [6.45, 7) is 4.47. The van der Waals surface area contributed by atoms with Crippen LogP contribution in [0.1, 0.15) is 31.7 Å². The van der Waals surface area contributed by atoms with E-state index < -0.39 is 0 Å².